The number of anilines is 2. The number of nitrogens with one attached hydrogen (secondary N) is 1. The average molecular weight is 589 g/mol. The third-order valence-electron chi connectivity index (χ3n) is 7.34. The van der Waals surface area contributed by atoms with Crippen LogP contribution in [0.25, 0.3) is 11.1 Å². The highest BCUT2D eigenvalue weighted by Gasteiger charge is 2.33. The first-order valence-corrected chi connectivity index (χ1v) is 14.0. The minimum absolute atomic E-state index is 0.297. The van der Waals surface area contributed by atoms with Crippen LogP contribution in [0.2, 0.25) is 0 Å². The molecule has 1 N–H and O–H groups in total. The Morgan fingerprint density at radius 1 is 0.884 bits per heavy atom. The number of hydrogen-bond donors (Lipinski definition) is 1. The number of nitrogens with zero attached hydrogens (tertiary/aromatic N) is 3. The van der Waals surface area contributed by atoms with Crippen molar-refractivity contribution in [1.29, 1.82) is 0 Å². The maximum Gasteiger partial charge on any atom is 0.416 e. The number of aromatic nitrogens is 1. The summed E-state index contributed by atoms with van der Waals surface area (Å²) < 4.78 is 44.3. The van der Waals surface area contributed by atoms with E-state index in [4.69, 9.17) is 4.74 Å². The lowest BCUT2D eigenvalue weighted by atomic mass is 9.98. The molecule has 43 heavy (non-hydrogen) atoms. The molecule has 1 unspecified atom stereocenters. The smallest absolute Gasteiger partial charge is 0.416 e. The fourth-order valence-corrected chi connectivity index (χ4v) is 5.18. The van der Waals surface area contributed by atoms with Crippen molar-refractivity contribution in [1.82, 2.24) is 9.88 Å². The number of benzene rings is 3. The van der Waals surface area contributed by atoms with Crippen LogP contribution in [0.1, 0.15) is 34.6 Å². The van der Waals surface area contributed by atoms with Crippen molar-refractivity contribution in [3.05, 3.63) is 114 Å². The lowest BCUT2D eigenvalue weighted by Gasteiger charge is -2.39. The Hall–Kier alpha value is -4.70. The first kappa shape index (κ1) is 29.8. The fraction of sp³-hybridized carbons (Fsp3) is 0.242. The molecule has 4 aromatic rings. The van der Waals surface area contributed by atoms with Gasteiger partial charge in [0.05, 0.1) is 17.9 Å². The van der Waals surface area contributed by atoms with E-state index in [9.17, 15) is 22.8 Å². The van der Waals surface area contributed by atoms with Gasteiger partial charge in [-0.05, 0) is 72.6 Å². The van der Waals surface area contributed by atoms with Crippen LogP contribution in [-0.2, 0) is 15.7 Å². The van der Waals surface area contributed by atoms with E-state index in [0.29, 0.717) is 60.9 Å². The van der Waals surface area contributed by atoms with Crippen molar-refractivity contribution in [3.8, 4) is 11.1 Å². The maximum absolute atomic E-state index is 13.2. The third-order valence-corrected chi connectivity index (χ3v) is 7.34. The van der Waals surface area contributed by atoms with Gasteiger partial charge in [0.25, 0.3) is 5.91 Å². The molecule has 7 nitrogen and oxygen atoms in total. The molecule has 1 atom stereocenters. The molecule has 0 saturated carbocycles. The van der Waals surface area contributed by atoms with Crippen molar-refractivity contribution in [2.45, 2.75) is 19.1 Å². The summed E-state index contributed by atoms with van der Waals surface area (Å²) in [5.74, 6) is -0.675. The Morgan fingerprint density at radius 3 is 2.19 bits per heavy atom. The molecular weight excluding hydrogens is 557 g/mol. The van der Waals surface area contributed by atoms with Crippen LogP contribution in [-0.4, -0.2) is 54.5 Å². The minimum atomic E-state index is -4.43. The number of halogens is 3. The molecule has 1 aliphatic rings. The number of rotatable bonds is 8. The molecule has 1 saturated heterocycles. The number of amides is 1. The van der Waals surface area contributed by atoms with E-state index < -0.39 is 17.8 Å². The van der Waals surface area contributed by atoms with Crippen LogP contribution in [0.4, 0.5) is 24.5 Å². The number of pyridine rings is 1. The van der Waals surface area contributed by atoms with Crippen LogP contribution < -0.4 is 10.2 Å². The van der Waals surface area contributed by atoms with Gasteiger partial charge in [0.15, 0.2) is 6.04 Å². The van der Waals surface area contributed by atoms with Gasteiger partial charge in [-0.3, -0.25) is 14.7 Å². The number of piperazine rings is 1. The van der Waals surface area contributed by atoms with E-state index >= 15 is 0 Å². The first-order chi connectivity index (χ1) is 20.7. The Kier molecular flexibility index (Phi) is 9.06. The van der Waals surface area contributed by atoms with Crippen molar-refractivity contribution in [2.75, 3.05) is 43.0 Å². The second-order valence-corrected chi connectivity index (χ2v) is 10.1. The van der Waals surface area contributed by atoms with Crippen molar-refractivity contribution in [2.24, 2.45) is 0 Å². The van der Waals surface area contributed by atoms with Crippen molar-refractivity contribution < 1.29 is 27.5 Å². The predicted octanol–water partition coefficient (Wildman–Crippen LogP) is 6.45. The largest absolute Gasteiger partial charge is 0.465 e. The molecule has 0 spiro atoms. The van der Waals surface area contributed by atoms with E-state index in [1.165, 1.54) is 12.1 Å². The molecule has 0 bridgehead atoms. The highest BCUT2D eigenvalue weighted by molar-refractivity contribution is 6.08. The molecule has 1 aromatic heterocycles. The van der Waals surface area contributed by atoms with Gasteiger partial charge in [-0.25, -0.2) is 4.79 Å². The normalized spacial score (nSPS) is 14.7. The second-order valence-electron chi connectivity index (χ2n) is 10.1. The number of hydrogen-bond acceptors (Lipinski definition) is 6. The standard InChI is InChI=1S/C33H31F3N4O3/c1-2-43-32(42)30(29-9-5-6-18-37-29)40-21-19-39(20-22-40)26-16-14-25(15-17-26)38-31(41)28-8-4-3-7-27(28)23-10-12-24(13-11-23)33(34,35)36/h3-18,30H,2,19-22H2,1H3,(H,38,41). The Morgan fingerprint density at radius 2 is 1.56 bits per heavy atom. The third kappa shape index (κ3) is 7.03. The van der Waals surface area contributed by atoms with E-state index in [1.54, 1.807) is 37.4 Å². The summed E-state index contributed by atoms with van der Waals surface area (Å²) >= 11 is 0. The molecule has 10 heteroatoms. The zero-order valence-corrected chi connectivity index (χ0v) is 23.6. The van der Waals surface area contributed by atoms with Gasteiger partial charge in [-0.2, -0.15) is 13.2 Å². The zero-order valence-electron chi connectivity index (χ0n) is 23.6. The molecule has 1 fully saturated rings. The quantitative estimate of drug-likeness (QED) is 0.239. The molecule has 1 amide bonds. The molecule has 222 valence electrons. The average Bonchev–Trinajstić information content (AvgIpc) is 3.02. The minimum Gasteiger partial charge on any atom is -0.465 e. The predicted molar refractivity (Wildman–Crippen MR) is 159 cm³/mol. The van der Waals surface area contributed by atoms with Gasteiger partial charge in [0.2, 0.25) is 0 Å². The lowest BCUT2D eigenvalue weighted by Crippen LogP contribution is -2.49. The van der Waals surface area contributed by atoms with Gasteiger partial charge in [0, 0.05) is 49.3 Å². The number of carbonyl (C=O) groups excluding carboxylic acids is 2. The van der Waals surface area contributed by atoms with Gasteiger partial charge in [-0.1, -0.05) is 36.4 Å². The number of esters is 1. The Labute approximate surface area is 247 Å². The maximum atomic E-state index is 13.2. The van der Waals surface area contributed by atoms with Crippen molar-refractivity contribution in [3.63, 3.8) is 0 Å². The van der Waals surface area contributed by atoms with Gasteiger partial charge in [0.1, 0.15) is 0 Å². The highest BCUT2D eigenvalue weighted by atomic mass is 19.4. The summed E-state index contributed by atoms with van der Waals surface area (Å²) in [6.45, 7) is 4.74. The number of alkyl halides is 3. The SMILES string of the molecule is CCOC(=O)C(c1ccccn1)N1CCN(c2ccc(NC(=O)c3ccccc3-c3ccc(C(F)(F)F)cc3)cc2)CC1. The summed E-state index contributed by atoms with van der Waals surface area (Å²) in [5.41, 5.74) is 2.89. The fourth-order valence-electron chi connectivity index (χ4n) is 5.18. The second kappa shape index (κ2) is 13.1. The molecule has 1 aliphatic heterocycles. The van der Waals surface area contributed by atoms with Crippen molar-refractivity contribution >= 4 is 23.3 Å². The monoisotopic (exact) mass is 588 g/mol. The first-order valence-electron chi connectivity index (χ1n) is 14.0. The summed E-state index contributed by atoms with van der Waals surface area (Å²) in [4.78, 5) is 34.7. The van der Waals surface area contributed by atoms with Crippen LogP contribution in [0.15, 0.2) is 97.2 Å². The van der Waals surface area contributed by atoms with E-state index in [2.05, 4.69) is 20.1 Å². The summed E-state index contributed by atoms with van der Waals surface area (Å²) in [6, 6.07) is 24.0. The topological polar surface area (TPSA) is 74.8 Å². The summed E-state index contributed by atoms with van der Waals surface area (Å²) in [6.07, 6.45) is -2.76. The molecule has 0 radical (unpaired) electrons. The van der Waals surface area contributed by atoms with E-state index in [0.717, 1.165) is 17.8 Å². The van der Waals surface area contributed by atoms with Crippen LogP contribution in [0, 0.1) is 0 Å². The van der Waals surface area contributed by atoms with Crippen LogP contribution in [0.5, 0.6) is 0 Å². The molecule has 0 aliphatic carbocycles. The van der Waals surface area contributed by atoms with E-state index in [1.807, 2.05) is 42.5 Å². The molecule has 2 heterocycles. The van der Waals surface area contributed by atoms with E-state index in [-0.39, 0.29) is 11.9 Å². The summed E-state index contributed by atoms with van der Waals surface area (Å²) in [7, 11) is 0. The molecule has 5 rings (SSSR count). The van der Waals surface area contributed by atoms with Crippen LogP contribution >= 0.6 is 0 Å². The lowest BCUT2D eigenvalue weighted by molar-refractivity contribution is -0.150. The number of ether oxygens (including phenoxy) is 1. The Bertz CT molecular complexity index is 1540. The van der Waals surface area contributed by atoms with Gasteiger partial charge < -0.3 is 15.0 Å². The molecule has 3 aromatic carbocycles. The summed E-state index contributed by atoms with van der Waals surface area (Å²) in [5, 5.41) is 2.89. The van der Waals surface area contributed by atoms with Crippen LogP contribution in [0.3, 0.4) is 0 Å². The highest BCUT2D eigenvalue weighted by Crippen LogP contribution is 2.32. The Balaban J connectivity index is 1.23. The number of carbonyl (C=O) groups is 2. The zero-order chi connectivity index (χ0) is 30.4. The van der Waals surface area contributed by atoms with Gasteiger partial charge in [-0.15, -0.1) is 0 Å². The van der Waals surface area contributed by atoms with Gasteiger partial charge >= 0.3 is 12.1 Å². The molecular formula is C33H31F3N4O3.